The van der Waals surface area contributed by atoms with Gasteiger partial charge >= 0.3 is 0 Å². The van der Waals surface area contributed by atoms with E-state index in [2.05, 4.69) is 4.99 Å². The summed E-state index contributed by atoms with van der Waals surface area (Å²) in [6.07, 6.45) is 4.93. The highest BCUT2D eigenvalue weighted by Crippen LogP contribution is 1.95. The molecule has 0 aliphatic carbocycles. The summed E-state index contributed by atoms with van der Waals surface area (Å²) in [5, 5.41) is 0. The van der Waals surface area contributed by atoms with Gasteiger partial charge in [-0.25, -0.2) is 0 Å². The summed E-state index contributed by atoms with van der Waals surface area (Å²) in [5.41, 5.74) is 7.21. The van der Waals surface area contributed by atoms with Crippen LogP contribution in [0.4, 0.5) is 0 Å². The molecule has 2 N–H and O–H groups in total. The molecule has 0 spiro atoms. The third kappa shape index (κ3) is 4.19. The largest absolute Gasteiger partial charge is 0.504 e. The number of aliphatic imine (C=N–C) groups is 1. The van der Waals surface area contributed by atoms with E-state index in [1.807, 2.05) is 6.92 Å². The minimum Gasteiger partial charge on any atom is -0.504 e. The van der Waals surface area contributed by atoms with Gasteiger partial charge in [-0.05, 0) is 18.6 Å². The van der Waals surface area contributed by atoms with Crippen molar-refractivity contribution in [1.29, 1.82) is 0 Å². The lowest BCUT2D eigenvalue weighted by Gasteiger charge is -1.95. The number of nitrogens with zero attached hydrogens (tertiary/aromatic N) is 1. The molecule has 0 aliphatic heterocycles. The van der Waals surface area contributed by atoms with E-state index in [4.69, 9.17) is 10.5 Å². The second-order valence-electron chi connectivity index (χ2n) is 2.06. The second kappa shape index (κ2) is 5.53. The summed E-state index contributed by atoms with van der Waals surface area (Å²) in [6, 6.07) is 0. The number of hydrogen-bond acceptors (Lipinski definition) is 3. The SMILES string of the molecule is CN=CC(C)=C(N)/C=C/OC. The molecule has 0 rings (SSSR count). The zero-order valence-corrected chi connectivity index (χ0v) is 7.16. The van der Waals surface area contributed by atoms with Gasteiger partial charge in [0.25, 0.3) is 0 Å². The zero-order valence-electron chi connectivity index (χ0n) is 7.16. The Morgan fingerprint density at radius 1 is 1.55 bits per heavy atom. The van der Waals surface area contributed by atoms with E-state index in [-0.39, 0.29) is 0 Å². The van der Waals surface area contributed by atoms with Crippen LogP contribution in [0.25, 0.3) is 0 Å². The van der Waals surface area contributed by atoms with Crippen molar-refractivity contribution in [3.63, 3.8) is 0 Å². The molecule has 0 unspecified atom stereocenters. The van der Waals surface area contributed by atoms with Gasteiger partial charge in [0.15, 0.2) is 0 Å². The molecule has 62 valence electrons. The van der Waals surface area contributed by atoms with Gasteiger partial charge in [0.05, 0.1) is 13.4 Å². The van der Waals surface area contributed by atoms with E-state index in [1.54, 1.807) is 26.4 Å². The third-order valence-electron chi connectivity index (χ3n) is 1.16. The first-order valence-electron chi connectivity index (χ1n) is 3.30. The average Bonchev–Trinajstić information content (AvgIpc) is 2.00. The Bertz CT molecular complexity index is 192. The van der Waals surface area contributed by atoms with Gasteiger partial charge in [-0.2, -0.15) is 0 Å². The maximum atomic E-state index is 5.61. The van der Waals surface area contributed by atoms with Crippen LogP contribution in [0.3, 0.4) is 0 Å². The quantitative estimate of drug-likeness (QED) is 0.375. The van der Waals surface area contributed by atoms with Crippen LogP contribution in [-0.4, -0.2) is 20.4 Å². The Labute approximate surface area is 67.3 Å². The molecule has 0 bridgehead atoms. The lowest BCUT2D eigenvalue weighted by atomic mass is 10.2. The van der Waals surface area contributed by atoms with Crippen molar-refractivity contribution >= 4 is 6.21 Å². The number of allylic oxidation sites excluding steroid dienone is 2. The van der Waals surface area contributed by atoms with Crippen molar-refractivity contribution in [2.75, 3.05) is 14.2 Å². The topological polar surface area (TPSA) is 47.6 Å². The predicted octanol–water partition coefficient (Wildman–Crippen LogP) is 1.08. The van der Waals surface area contributed by atoms with Crippen LogP contribution in [0.1, 0.15) is 6.92 Å². The Hall–Kier alpha value is -1.25. The van der Waals surface area contributed by atoms with Crippen molar-refractivity contribution in [2.24, 2.45) is 10.7 Å². The van der Waals surface area contributed by atoms with Crippen LogP contribution in [0.5, 0.6) is 0 Å². The number of methoxy groups -OCH3 is 1. The molecule has 11 heavy (non-hydrogen) atoms. The highest BCUT2D eigenvalue weighted by atomic mass is 16.5. The summed E-state index contributed by atoms with van der Waals surface area (Å²) in [4.78, 5) is 3.83. The van der Waals surface area contributed by atoms with E-state index >= 15 is 0 Å². The highest BCUT2D eigenvalue weighted by Gasteiger charge is 1.88. The number of ether oxygens (including phenoxy) is 1. The molecule has 0 saturated carbocycles. The maximum absolute atomic E-state index is 5.61. The molecule has 3 nitrogen and oxygen atoms in total. The molecule has 0 aromatic heterocycles. The maximum Gasteiger partial charge on any atom is 0.0845 e. The minimum absolute atomic E-state index is 0.664. The van der Waals surface area contributed by atoms with Crippen LogP contribution in [0.15, 0.2) is 28.6 Å². The smallest absolute Gasteiger partial charge is 0.0845 e. The van der Waals surface area contributed by atoms with E-state index < -0.39 is 0 Å². The molecular formula is C8H14N2O. The van der Waals surface area contributed by atoms with Gasteiger partial charge in [-0.1, -0.05) is 0 Å². The van der Waals surface area contributed by atoms with Crippen molar-refractivity contribution in [1.82, 2.24) is 0 Å². The Morgan fingerprint density at radius 2 is 2.18 bits per heavy atom. The summed E-state index contributed by atoms with van der Waals surface area (Å²) in [6.45, 7) is 1.89. The summed E-state index contributed by atoms with van der Waals surface area (Å²) in [5.74, 6) is 0. The van der Waals surface area contributed by atoms with Crippen molar-refractivity contribution in [3.8, 4) is 0 Å². The first kappa shape index (κ1) is 9.75. The van der Waals surface area contributed by atoms with Crippen LogP contribution < -0.4 is 5.73 Å². The summed E-state index contributed by atoms with van der Waals surface area (Å²) < 4.78 is 4.70. The van der Waals surface area contributed by atoms with Gasteiger partial charge in [0, 0.05) is 19.0 Å². The van der Waals surface area contributed by atoms with E-state index in [9.17, 15) is 0 Å². The second-order valence-corrected chi connectivity index (χ2v) is 2.06. The number of rotatable bonds is 3. The molecule has 0 saturated heterocycles. The predicted molar refractivity (Wildman–Crippen MR) is 47.5 cm³/mol. The molecule has 0 aliphatic rings. The number of nitrogens with two attached hydrogens (primary N) is 1. The first-order valence-corrected chi connectivity index (χ1v) is 3.30. The van der Waals surface area contributed by atoms with E-state index in [1.165, 1.54) is 6.26 Å². The standard InChI is InChI=1S/C8H14N2O/c1-7(6-10-2)8(9)4-5-11-3/h4-6H,9H2,1-3H3/b5-4+,8-7?,10-6?. The molecule has 0 aromatic rings. The van der Waals surface area contributed by atoms with Crippen molar-refractivity contribution in [3.05, 3.63) is 23.6 Å². The lowest BCUT2D eigenvalue weighted by Crippen LogP contribution is -1.98. The third-order valence-corrected chi connectivity index (χ3v) is 1.16. The monoisotopic (exact) mass is 154 g/mol. The van der Waals surface area contributed by atoms with Gasteiger partial charge < -0.3 is 10.5 Å². The van der Waals surface area contributed by atoms with Crippen LogP contribution in [0, 0.1) is 0 Å². The van der Waals surface area contributed by atoms with Crippen molar-refractivity contribution in [2.45, 2.75) is 6.92 Å². The van der Waals surface area contributed by atoms with E-state index in [0.717, 1.165) is 5.57 Å². The fourth-order valence-corrected chi connectivity index (χ4v) is 0.541. The van der Waals surface area contributed by atoms with Crippen molar-refractivity contribution < 1.29 is 4.74 Å². The summed E-state index contributed by atoms with van der Waals surface area (Å²) in [7, 11) is 3.28. The minimum atomic E-state index is 0.664. The zero-order chi connectivity index (χ0) is 8.69. The molecular weight excluding hydrogens is 140 g/mol. The lowest BCUT2D eigenvalue weighted by molar-refractivity contribution is 0.337. The van der Waals surface area contributed by atoms with Gasteiger partial charge in [0.2, 0.25) is 0 Å². The van der Waals surface area contributed by atoms with E-state index in [0.29, 0.717) is 5.70 Å². The van der Waals surface area contributed by atoms with Gasteiger partial charge in [-0.15, -0.1) is 0 Å². The Kier molecular flexibility index (Phi) is 4.90. The summed E-state index contributed by atoms with van der Waals surface area (Å²) >= 11 is 0. The normalized spacial score (nSPS) is 14.1. The molecule has 0 aromatic carbocycles. The molecule has 0 fully saturated rings. The molecule has 0 heterocycles. The first-order chi connectivity index (χ1) is 5.22. The number of hydrogen-bond donors (Lipinski definition) is 1. The molecule has 0 atom stereocenters. The van der Waals surface area contributed by atoms with Crippen LogP contribution >= 0.6 is 0 Å². The highest BCUT2D eigenvalue weighted by molar-refractivity contribution is 5.79. The Balaban J connectivity index is 4.27. The molecule has 0 radical (unpaired) electrons. The van der Waals surface area contributed by atoms with Crippen LogP contribution in [-0.2, 0) is 4.74 Å². The average molecular weight is 154 g/mol. The Morgan fingerprint density at radius 3 is 2.64 bits per heavy atom. The van der Waals surface area contributed by atoms with Crippen LogP contribution in [0.2, 0.25) is 0 Å². The van der Waals surface area contributed by atoms with Gasteiger partial charge in [0.1, 0.15) is 0 Å². The fraction of sp³-hybridized carbons (Fsp3) is 0.375. The molecule has 0 amide bonds. The molecule has 3 heteroatoms. The fourth-order valence-electron chi connectivity index (χ4n) is 0.541. The van der Waals surface area contributed by atoms with Gasteiger partial charge in [-0.3, -0.25) is 4.99 Å².